The maximum absolute atomic E-state index is 13.0. The number of para-hydroxylation sites is 1. The van der Waals surface area contributed by atoms with Crippen LogP contribution < -0.4 is 21.3 Å². The Labute approximate surface area is 205 Å². The molecule has 35 heavy (non-hydrogen) atoms. The highest BCUT2D eigenvalue weighted by Gasteiger charge is 2.22. The van der Waals surface area contributed by atoms with Gasteiger partial charge in [-0.15, -0.1) is 11.3 Å². The zero-order valence-corrected chi connectivity index (χ0v) is 20.1. The average molecular weight is 490 g/mol. The minimum atomic E-state index is -0.676. The van der Waals surface area contributed by atoms with Gasteiger partial charge in [0.1, 0.15) is 0 Å². The molecule has 178 valence electrons. The summed E-state index contributed by atoms with van der Waals surface area (Å²) in [5, 5.41) is 6.77. The lowest BCUT2D eigenvalue weighted by atomic mass is 10.1. The van der Waals surface area contributed by atoms with Crippen LogP contribution in [0.5, 0.6) is 0 Å². The van der Waals surface area contributed by atoms with Crippen LogP contribution in [0.4, 0.5) is 5.69 Å². The smallest absolute Gasteiger partial charge is 0.290 e. The molecule has 9 nitrogen and oxygen atoms in total. The normalized spacial score (nSPS) is 10.9. The Bertz CT molecular complexity index is 1480. The van der Waals surface area contributed by atoms with E-state index in [1.54, 1.807) is 86.9 Å². The lowest BCUT2D eigenvalue weighted by Gasteiger charge is -2.20. The van der Waals surface area contributed by atoms with Crippen molar-refractivity contribution in [2.24, 2.45) is 0 Å². The molecule has 0 atom stereocenters. The highest BCUT2D eigenvalue weighted by molar-refractivity contribution is 7.12. The van der Waals surface area contributed by atoms with Gasteiger partial charge < -0.3 is 4.90 Å². The molecule has 10 heteroatoms. The van der Waals surface area contributed by atoms with Crippen molar-refractivity contribution in [2.45, 2.75) is 19.9 Å². The number of carbonyl (C=O) groups excluding carboxylic acids is 3. The molecule has 2 N–H and O–H groups in total. The second-order valence-electron chi connectivity index (χ2n) is 8.00. The first-order valence-corrected chi connectivity index (χ1v) is 11.7. The van der Waals surface area contributed by atoms with Gasteiger partial charge in [0.05, 0.1) is 27.6 Å². The number of nitrogens with zero attached hydrogens (tertiary/aromatic N) is 3. The number of amides is 3. The monoisotopic (exact) mass is 489 g/mol. The highest BCUT2D eigenvalue weighted by Crippen LogP contribution is 2.22. The third-order valence-electron chi connectivity index (χ3n) is 5.37. The van der Waals surface area contributed by atoms with Gasteiger partial charge in [-0.2, -0.15) is 5.10 Å². The van der Waals surface area contributed by atoms with Gasteiger partial charge in [-0.25, -0.2) is 4.68 Å². The van der Waals surface area contributed by atoms with Crippen LogP contribution in [0.3, 0.4) is 0 Å². The molecule has 2 aromatic heterocycles. The number of carbonyl (C=O) groups is 3. The van der Waals surface area contributed by atoms with Crippen LogP contribution in [0.15, 0.2) is 70.8 Å². The van der Waals surface area contributed by atoms with Gasteiger partial charge in [-0.3, -0.25) is 30.0 Å². The second kappa shape index (κ2) is 9.90. The molecule has 0 aliphatic heterocycles. The molecule has 0 aliphatic carbocycles. The summed E-state index contributed by atoms with van der Waals surface area (Å²) in [6.45, 7) is 3.58. The summed E-state index contributed by atoms with van der Waals surface area (Å²) < 4.78 is 1.24. The molecule has 2 aromatic carbocycles. The molecule has 0 saturated carbocycles. The van der Waals surface area contributed by atoms with Crippen molar-refractivity contribution in [3.05, 3.63) is 92.5 Å². The van der Waals surface area contributed by atoms with Gasteiger partial charge in [0.25, 0.3) is 23.3 Å². The Morgan fingerprint density at radius 2 is 1.57 bits per heavy atom. The summed E-state index contributed by atoms with van der Waals surface area (Å²) in [5.74, 6) is -1.54. The number of benzene rings is 2. The molecule has 0 spiro atoms. The van der Waals surface area contributed by atoms with E-state index in [-0.39, 0.29) is 28.8 Å². The highest BCUT2D eigenvalue weighted by atomic mass is 32.1. The summed E-state index contributed by atoms with van der Waals surface area (Å²) in [6, 6.07) is 16.5. The Morgan fingerprint density at radius 3 is 2.26 bits per heavy atom. The third-order valence-corrected chi connectivity index (χ3v) is 6.23. The van der Waals surface area contributed by atoms with Crippen LogP contribution in [0.2, 0.25) is 0 Å². The van der Waals surface area contributed by atoms with E-state index in [1.165, 1.54) is 20.9 Å². The Kier molecular flexibility index (Phi) is 6.74. The van der Waals surface area contributed by atoms with E-state index < -0.39 is 11.8 Å². The maximum Gasteiger partial charge on any atom is 0.290 e. The Hall–Kier alpha value is -4.31. The van der Waals surface area contributed by atoms with Crippen molar-refractivity contribution in [2.75, 3.05) is 11.9 Å². The molecule has 0 aliphatic rings. The number of rotatable bonds is 5. The van der Waals surface area contributed by atoms with Crippen molar-refractivity contribution in [1.29, 1.82) is 0 Å². The number of aromatic nitrogens is 2. The minimum Gasteiger partial charge on any atom is -0.310 e. The number of nitrogens with one attached hydrogen (secondary N) is 2. The lowest BCUT2D eigenvalue weighted by Crippen LogP contribution is -2.43. The predicted molar refractivity (Wildman–Crippen MR) is 135 cm³/mol. The Balaban J connectivity index is 1.58. The molecule has 2 heterocycles. The molecule has 4 aromatic rings. The van der Waals surface area contributed by atoms with Crippen LogP contribution in [0.1, 0.15) is 50.4 Å². The third kappa shape index (κ3) is 4.69. The summed E-state index contributed by atoms with van der Waals surface area (Å²) in [7, 11) is 1.58. The first-order valence-electron chi connectivity index (χ1n) is 10.8. The average Bonchev–Trinajstić information content (AvgIpc) is 3.41. The van der Waals surface area contributed by atoms with Crippen molar-refractivity contribution >= 4 is 45.5 Å². The van der Waals surface area contributed by atoms with Crippen molar-refractivity contribution < 1.29 is 14.4 Å². The van der Waals surface area contributed by atoms with Crippen LogP contribution in [-0.4, -0.2) is 34.5 Å². The van der Waals surface area contributed by atoms with Gasteiger partial charge in [-0.1, -0.05) is 36.4 Å². The van der Waals surface area contributed by atoms with E-state index >= 15 is 0 Å². The molecule has 0 fully saturated rings. The summed E-state index contributed by atoms with van der Waals surface area (Å²) in [6.07, 6.45) is 0. The SMILES string of the molecule is CC(C)n1nc(C(=O)NNC(=O)c2ccccc2N(C)C(=O)c2cccs2)c2ccccc2c1=O. The molecule has 4 rings (SSSR count). The maximum atomic E-state index is 13.0. The zero-order chi connectivity index (χ0) is 25.1. The first-order chi connectivity index (χ1) is 16.8. The van der Waals surface area contributed by atoms with Crippen molar-refractivity contribution in [3.63, 3.8) is 0 Å². The number of hydrogen-bond donors (Lipinski definition) is 2. The topological polar surface area (TPSA) is 113 Å². The van der Waals surface area contributed by atoms with E-state index in [9.17, 15) is 19.2 Å². The Morgan fingerprint density at radius 1 is 0.914 bits per heavy atom. The van der Waals surface area contributed by atoms with E-state index in [0.29, 0.717) is 21.3 Å². The number of hydrazine groups is 1. The van der Waals surface area contributed by atoms with Gasteiger partial charge in [-0.05, 0) is 43.5 Å². The molecular weight excluding hydrogens is 466 g/mol. The van der Waals surface area contributed by atoms with Gasteiger partial charge in [0.2, 0.25) is 0 Å². The van der Waals surface area contributed by atoms with Crippen molar-refractivity contribution in [3.8, 4) is 0 Å². The number of anilines is 1. The van der Waals surface area contributed by atoms with E-state index in [2.05, 4.69) is 16.0 Å². The fourth-order valence-electron chi connectivity index (χ4n) is 3.60. The fraction of sp³-hybridized carbons (Fsp3) is 0.160. The van der Waals surface area contributed by atoms with Crippen LogP contribution in [0.25, 0.3) is 10.8 Å². The molecule has 3 amide bonds. The zero-order valence-electron chi connectivity index (χ0n) is 19.3. The van der Waals surface area contributed by atoms with Gasteiger partial charge in [0, 0.05) is 12.4 Å². The van der Waals surface area contributed by atoms with Crippen molar-refractivity contribution in [1.82, 2.24) is 20.6 Å². The molecule has 0 saturated heterocycles. The predicted octanol–water partition coefficient (Wildman–Crippen LogP) is 3.39. The summed E-state index contributed by atoms with van der Waals surface area (Å²) >= 11 is 1.31. The van der Waals surface area contributed by atoms with Crippen LogP contribution in [0, 0.1) is 0 Å². The lowest BCUT2D eigenvalue weighted by molar-refractivity contribution is 0.0843. The minimum absolute atomic E-state index is 0.00692. The number of hydrogen-bond acceptors (Lipinski definition) is 6. The molecule has 0 unspecified atom stereocenters. The van der Waals surface area contributed by atoms with Gasteiger partial charge in [0.15, 0.2) is 5.69 Å². The standard InChI is InChI=1S/C25H23N5O4S/c1-15(2)30-24(33)17-10-5-4-9-16(17)21(28-30)23(32)27-26-22(31)18-11-6-7-12-19(18)29(3)25(34)20-13-8-14-35-20/h4-15H,1-3H3,(H,26,31)(H,27,32). The number of fused-ring (bicyclic) bond motifs is 1. The summed E-state index contributed by atoms with van der Waals surface area (Å²) in [4.78, 5) is 53.4. The first kappa shape index (κ1) is 23.8. The second-order valence-corrected chi connectivity index (χ2v) is 8.95. The quantitative estimate of drug-likeness (QED) is 0.417. The fourth-order valence-corrected chi connectivity index (χ4v) is 4.30. The van der Waals surface area contributed by atoms with E-state index in [1.807, 2.05) is 0 Å². The molecule has 0 bridgehead atoms. The number of thiophene rings is 1. The van der Waals surface area contributed by atoms with Crippen LogP contribution >= 0.6 is 11.3 Å². The largest absolute Gasteiger partial charge is 0.310 e. The van der Waals surface area contributed by atoms with Crippen LogP contribution in [-0.2, 0) is 0 Å². The van der Waals surface area contributed by atoms with E-state index in [4.69, 9.17) is 0 Å². The summed E-state index contributed by atoms with van der Waals surface area (Å²) in [5.41, 5.74) is 5.06. The van der Waals surface area contributed by atoms with E-state index in [0.717, 1.165) is 0 Å². The van der Waals surface area contributed by atoms with Gasteiger partial charge >= 0.3 is 0 Å². The molecule has 0 radical (unpaired) electrons. The molecular formula is C25H23N5O4S.